The van der Waals surface area contributed by atoms with Crippen LogP contribution >= 0.6 is 54.8 Å². The molecule has 0 N–H and O–H groups in total. The van der Waals surface area contributed by atoms with E-state index >= 15 is 0 Å². The van der Waals surface area contributed by atoms with Gasteiger partial charge in [-0.25, -0.2) is 8.42 Å². The maximum absolute atomic E-state index is 12.7. The Kier molecular flexibility index (Phi) is 5.90. The average molecular weight is 474 g/mol. The minimum absolute atomic E-state index is 0.235. The third-order valence-electron chi connectivity index (χ3n) is 2.84. The lowest BCUT2D eigenvalue weighted by Crippen LogP contribution is -2.26. The van der Waals surface area contributed by atoms with Crippen molar-refractivity contribution in [3.8, 4) is 0 Å². The van der Waals surface area contributed by atoms with Gasteiger partial charge in [0.15, 0.2) is 0 Å². The van der Waals surface area contributed by atoms with Crippen LogP contribution in [-0.2, 0) is 22.4 Å². The van der Waals surface area contributed by atoms with E-state index in [1.165, 1.54) is 15.6 Å². The summed E-state index contributed by atoms with van der Waals surface area (Å²) in [5, 5.41) is 1.93. The molecule has 0 aliphatic carbocycles. The topological polar surface area (TPSA) is 37.4 Å². The zero-order valence-electron chi connectivity index (χ0n) is 11.0. The molecule has 0 aliphatic heterocycles. The molecule has 3 nitrogen and oxygen atoms in total. The Labute approximate surface area is 150 Å². The third-order valence-corrected chi connectivity index (χ3v) is 7.63. The predicted octanol–water partition coefficient (Wildman–Crippen LogP) is 4.83. The van der Waals surface area contributed by atoms with E-state index in [1.54, 1.807) is 25.2 Å². The van der Waals surface area contributed by atoms with E-state index < -0.39 is 10.0 Å². The molecule has 1 aromatic heterocycles. The van der Waals surface area contributed by atoms with Gasteiger partial charge in [0.05, 0.1) is 4.90 Å². The molecular formula is C13H12Br2ClNO2S2. The molecule has 0 spiro atoms. The summed E-state index contributed by atoms with van der Waals surface area (Å²) in [6, 6.07) is 7.03. The lowest BCUT2D eigenvalue weighted by atomic mass is 10.2. The Morgan fingerprint density at radius 3 is 2.57 bits per heavy atom. The molecule has 0 fully saturated rings. The molecule has 2 aromatic rings. The zero-order valence-corrected chi connectivity index (χ0v) is 16.6. The van der Waals surface area contributed by atoms with Crippen molar-refractivity contribution in [2.75, 3.05) is 7.05 Å². The summed E-state index contributed by atoms with van der Waals surface area (Å²) in [5.74, 6) is 0.275. The summed E-state index contributed by atoms with van der Waals surface area (Å²) in [5.41, 5.74) is 0.769. The van der Waals surface area contributed by atoms with Gasteiger partial charge in [-0.2, -0.15) is 4.31 Å². The smallest absolute Gasteiger partial charge is 0.207 e. The summed E-state index contributed by atoms with van der Waals surface area (Å²) < 4.78 is 28.2. The molecule has 1 aromatic carbocycles. The second kappa shape index (κ2) is 7.10. The number of sulfonamides is 1. The third kappa shape index (κ3) is 4.09. The van der Waals surface area contributed by atoms with E-state index in [0.717, 1.165) is 14.9 Å². The first-order valence-corrected chi connectivity index (χ1v) is 10.3. The maximum atomic E-state index is 12.7. The van der Waals surface area contributed by atoms with E-state index in [1.807, 2.05) is 11.4 Å². The molecule has 0 aliphatic rings. The number of halogens is 3. The van der Waals surface area contributed by atoms with Crippen LogP contribution in [0, 0.1) is 0 Å². The fourth-order valence-corrected chi connectivity index (χ4v) is 5.61. The Morgan fingerprint density at radius 2 is 2.00 bits per heavy atom. The van der Waals surface area contributed by atoms with Crippen LogP contribution in [0.15, 0.2) is 43.5 Å². The number of nitrogens with zero attached hydrogens (tertiary/aromatic N) is 1. The van der Waals surface area contributed by atoms with Crippen molar-refractivity contribution in [1.82, 2.24) is 4.31 Å². The van der Waals surface area contributed by atoms with E-state index in [4.69, 9.17) is 11.6 Å². The standard InChI is InChI=1S/C13H12Br2ClNO2S2/c1-17(7-11-5-10(14)8-20-11)21(18,19)13-4-9(6-16)2-3-12(13)15/h2-5,8H,6-7H2,1H3. The second-order valence-electron chi connectivity index (χ2n) is 4.39. The van der Waals surface area contributed by atoms with Crippen molar-refractivity contribution in [2.45, 2.75) is 17.3 Å². The van der Waals surface area contributed by atoms with Crippen molar-refractivity contribution >= 4 is 64.8 Å². The minimum Gasteiger partial charge on any atom is -0.207 e. The fraction of sp³-hybridized carbons (Fsp3) is 0.231. The van der Waals surface area contributed by atoms with Crippen LogP contribution in [0.5, 0.6) is 0 Å². The molecule has 0 saturated carbocycles. The number of benzene rings is 1. The van der Waals surface area contributed by atoms with Gasteiger partial charge < -0.3 is 0 Å². The quantitative estimate of drug-likeness (QED) is 0.583. The van der Waals surface area contributed by atoms with Crippen molar-refractivity contribution < 1.29 is 8.42 Å². The highest BCUT2D eigenvalue weighted by Crippen LogP contribution is 2.28. The Morgan fingerprint density at radius 1 is 1.29 bits per heavy atom. The lowest BCUT2D eigenvalue weighted by molar-refractivity contribution is 0.469. The normalized spacial score (nSPS) is 12.0. The predicted molar refractivity (Wildman–Crippen MR) is 94.4 cm³/mol. The van der Waals surface area contributed by atoms with Crippen LogP contribution in [0.25, 0.3) is 0 Å². The minimum atomic E-state index is -3.57. The average Bonchev–Trinajstić information content (AvgIpc) is 2.84. The van der Waals surface area contributed by atoms with Gasteiger partial charge in [-0.15, -0.1) is 22.9 Å². The molecule has 114 valence electrons. The first-order chi connectivity index (χ1) is 9.84. The number of hydrogen-bond donors (Lipinski definition) is 0. The van der Waals surface area contributed by atoms with E-state index in [0.29, 0.717) is 11.0 Å². The number of rotatable bonds is 5. The maximum Gasteiger partial charge on any atom is 0.244 e. The SMILES string of the molecule is CN(Cc1cc(Br)cs1)S(=O)(=O)c1cc(CCl)ccc1Br. The monoisotopic (exact) mass is 471 g/mol. The molecule has 0 saturated heterocycles. The largest absolute Gasteiger partial charge is 0.244 e. The summed E-state index contributed by atoms with van der Waals surface area (Å²) in [6.07, 6.45) is 0. The van der Waals surface area contributed by atoms with Gasteiger partial charge in [0.25, 0.3) is 0 Å². The van der Waals surface area contributed by atoms with Gasteiger partial charge in [0.1, 0.15) is 0 Å². The highest BCUT2D eigenvalue weighted by molar-refractivity contribution is 9.10. The molecule has 0 amide bonds. The van der Waals surface area contributed by atoms with Crippen molar-refractivity contribution in [1.29, 1.82) is 0 Å². The van der Waals surface area contributed by atoms with Crippen LogP contribution in [0.2, 0.25) is 0 Å². The highest BCUT2D eigenvalue weighted by Gasteiger charge is 2.24. The molecule has 1 heterocycles. The summed E-state index contributed by atoms with van der Waals surface area (Å²) in [6.45, 7) is 0.330. The van der Waals surface area contributed by atoms with Gasteiger partial charge in [0, 0.05) is 38.7 Å². The molecule has 21 heavy (non-hydrogen) atoms. The van der Waals surface area contributed by atoms with E-state index in [-0.39, 0.29) is 10.8 Å². The van der Waals surface area contributed by atoms with E-state index in [9.17, 15) is 8.42 Å². The van der Waals surface area contributed by atoms with E-state index in [2.05, 4.69) is 31.9 Å². The summed E-state index contributed by atoms with van der Waals surface area (Å²) in [7, 11) is -2.00. The number of hydrogen-bond acceptors (Lipinski definition) is 3. The first kappa shape index (κ1) is 17.4. The van der Waals surface area contributed by atoms with Crippen molar-refractivity contribution in [3.05, 3.63) is 49.0 Å². The summed E-state index contributed by atoms with van der Waals surface area (Å²) >= 11 is 14.0. The van der Waals surface area contributed by atoms with Gasteiger partial charge >= 0.3 is 0 Å². The van der Waals surface area contributed by atoms with Crippen LogP contribution < -0.4 is 0 Å². The molecular weight excluding hydrogens is 462 g/mol. The van der Waals surface area contributed by atoms with Gasteiger partial charge in [-0.3, -0.25) is 0 Å². The second-order valence-corrected chi connectivity index (χ2v) is 9.44. The Bertz CT molecular complexity index is 746. The molecule has 2 rings (SSSR count). The molecule has 0 radical (unpaired) electrons. The van der Waals surface area contributed by atoms with Gasteiger partial charge in [-0.05, 0) is 55.6 Å². The Hall–Kier alpha value is 0.0800. The first-order valence-electron chi connectivity index (χ1n) is 5.88. The van der Waals surface area contributed by atoms with Gasteiger partial charge in [0.2, 0.25) is 10.0 Å². The van der Waals surface area contributed by atoms with Crippen LogP contribution in [-0.4, -0.2) is 19.8 Å². The van der Waals surface area contributed by atoms with Crippen molar-refractivity contribution in [3.63, 3.8) is 0 Å². The van der Waals surface area contributed by atoms with Crippen LogP contribution in [0.4, 0.5) is 0 Å². The molecule has 0 bridgehead atoms. The molecule has 0 atom stereocenters. The highest BCUT2D eigenvalue weighted by atomic mass is 79.9. The molecule has 8 heteroatoms. The van der Waals surface area contributed by atoms with Crippen LogP contribution in [0.3, 0.4) is 0 Å². The number of thiophene rings is 1. The van der Waals surface area contributed by atoms with Gasteiger partial charge in [-0.1, -0.05) is 6.07 Å². The fourth-order valence-electron chi connectivity index (χ4n) is 1.74. The zero-order chi connectivity index (χ0) is 15.6. The van der Waals surface area contributed by atoms with Crippen LogP contribution in [0.1, 0.15) is 10.4 Å². The Balaban J connectivity index is 2.32. The lowest BCUT2D eigenvalue weighted by Gasteiger charge is -2.18. The number of alkyl halides is 1. The molecule has 0 unspecified atom stereocenters. The summed E-state index contributed by atoms with van der Waals surface area (Å²) in [4.78, 5) is 1.20. The van der Waals surface area contributed by atoms with Crippen molar-refractivity contribution in [2.24, 2.45) is 0 Å².